The Labute approximate surface area is 141 Å². The van der Waals surface area contributed by atoms with E-state index in [0.717, 1.165) is 11.3 Å². The van der Waals surface area contributed by atoms with E-state index in [9.17, 15) is 4.79 Å². The summed E-state index contributed by atoms with van der Waals surface area (Å²) in [4.78, 5) is 20.4. The van der Waals surface area contributed by atoms with E-state index in [4.69, 9.17) is 20.9 Å². The largest absolute Gasteiger partial charge is 0.452 e. The van der Waals surface area contributed by atoms with Crippen LogP contribution in [0.2, 0.25) is 5.15 Å². The second-order valence-electron chi connectivity index (χ2n) is 4.85. The molecule has 3 aromatic rings. The maximum absolute atomic E-state index is 12.2. The van der Waals surface area contributed by atoms with Crippen molar-refractivity contribution in [3.05, 3.63) is 50.8 Å². The Morgan fingerprint density at radius 3 is 2.91 bits per heavy atom. The van der Waals surface area contributed by atoms with Crippen LogP contribution in [-0.4, -0.2) is 21.1 Å². The molecule has 0 radical (unpaired) electrons. The predicted octanol–water partition coefficient (Wildman–Crippen LogP) is 3.82. The monoisotopic (exact) mass is 349 g/mol. The summed E-state index contributed by atoms with van der Waals surface area (Å²) in [5.74, 6) is 0.104. The summed E-state index contributed by atoms with van der Waals surface area (Å²) >= 11 is 7.56. The maximum Gasteiger partial charge on any atom is 0.342 e. The number of thiophene rings is 1. The quantitative estimate of drug-likeness (QED) is 0.526. The molecule has 8 heteroatoms. The summed E-state index contributed by atoms with van der Waals surface area (Å²) in [5, 5.41) is 7.79. The Bertz CT molecular complexity index is 823. The standard InChI is InChI=1S/C15H12ClN3O3S/c1-8-5-9(2)17-13(16)12(8)15(20)21-6-11-18-14(19-22-11)10-3-4-23-7-10/h3-5,7H,6H2,1-2H3. The van der Waals surface area contributed by atoms with Crippen molar-refractivity contribution in [3.63, 3.8) is 0 Å². The van der Waals surface area contributed by atoms with Crippen LogP contribution in [0.3, 0.4) is 0 Å². The highest BCUT2D eigenvalue weighted by molar-refractivity contribution is 7.08. The Kier molecular flexibility index (Phi) is 4.40. The molecule has 6 nitrogen and oxygen atoms in total. The lowest BCUT2D eigenvalue weighted by Gasteiger charge is -2.07. The number of carbonyl (C=O) groups excluding carboxylic acids is 1. The minimum Gasteiger partial charge on any atom is -0.452 e. The molecule has 0 spiro atoms. The number of hydrogen-bond donors (Lipinski definition) is 0. The first-order chi connectivity index (χ1) is 11.0. The molecular formula is C15H12ClN3O3S. The van der Waals surface area contributed by atoms with Crippen molar-refractivity contribution in [2.75, 3.05) is 0 Å². The average Bonchev–Trinajstić information content (AvgIpc) is 3.15. The van der Waals surface area contributed by atoms with Gasteiger partial charge in [0.25, 0.3) is 5.89 Å². The fourth-order valence-corrected chi connectivity index (χ4v) is 3.05. The highest BCUT2D eigenvalue weighted by Gasteiger charge is 2.18. The van der Waals surface area contributed by atoms with Crippen molar-refractivity contribution in [1.29, 1.82) is 0 Å². The van der Waals surface area contributed by atoms with E-state index in [1.54, 1.807) is 19.9 Å². The number of pyridine rings is 1. The van der Waals surface area contributed by atoms with E-state index in [2.05, 4.69) is 15.1 Å². The molecule has 0 unspecified atom stereocenters. The molecule has 3 aromatic heterocycles. The highest BCUT2D eigenvalue weighted by atomic mass is 35.5. The number of esters is 1. The molecule has 0 N–H and O–H groups in total. The molecule has 0 fully saturated rings. The SMILES string of the molecule is Cc1cc(C)c(C(=O)OCc2nc(-c3ccsc3)no2)c(Cl)n1. The number of carbonyl (C=O) groups is 1. The third-order valence-corrected chi connectivity index (χ3v) is 4.04. The number of nitrogens with zero attached hydrogens (tertiary/aromatic N) is 3. The molecule has 0 saturated heterocycles. The Hall–Kier alpha value is -2.25. The molecular weight excluding hydrogens is 338 g/mol. The lowest BCUT2D eigenvalue weighted by molar-refractivity contribution is 0.0428. The van der Waals surface area contributed by atoms with Gasteiger partial charge in [-0.2, -0.15) is 16.3 Å². The first-order valence-corrected chi connectivity index (χ1v) is 8.02. The molecule has 0 aliphatic rings. The van der Waals surface area contributed by atoms with Gasteiger partial charge >= 0.3 is 5.97 Å². The zero-order valence-corrected chi connectivity index (χ0v) is 13.9. The van der Waals surface area contributed by atoms with Crippen LogP contribution >= 0.6 is 22.9 Å². The first-order valence-electron chi connectivity index (χ1n) is 6.70. The summed E-state index contributed by atoms with van der Waals surface area (Å²) in [6.07, 6.45) is 0. The van der Waals surface area contributed by atoms with Gasteiger partial charge in [-0.25, -0.2) is 9.78 Å². The van der Waals surface area contributed by atoms with Crippen molar-refractivity contribution in [2.24, 2.45) is 0 Å². The van der Waals surface area contributed by atoms with Gasteiger partial charge in [-0.15, -0.1) is 0 Å². The number of hydrogen-bond acceptors (Lipinski definition) is 7. The molecule has 118 valence electrons. The van der Waals surface area contributed by atoms with Crippen LogP contribution < -0.4 is 0 Å². The van der Waals surface area contributed by atoms with Crippen LogP contribution in [0.1, 0.15) is 27.5 Å². The smallest absolute Gasteiger partial charge is 0.342 e. The van der Waals surface area contributed by atoms with Gasteiger partial charge < -0.3 is 9.26 Å². The molecule has 0 aliphatic carbocycles. The minimum atomic E-state index is -0.574. The van der Waals surface area contributed by atoms with E-state index in [1.807, 2.05) is 16.8 Å². The topological polar surface area (TPSA) is 78.1 Å². The third kappa shape index (κ3) is 3.40. The van der Waals surface area contributed by atoms with Gasteiger partial charge in [0.15, 0.2) is 6.61 Å². The zero-order chi connectivity index (χ0) is 16.4. The second-order valence-corrected chi connectivity index (χ2v) is 5.98. The molecule has 0 saturated carbocycles. The Morgan fingerprint density at radius 2 is 2.22 bits per heavy atom. The van der Waals surface area contributed by atoms with Crippen molar-refractivity contribution < 1.29 is 14.1 Å². The first kappa shape index (κ1) is 15.6. The van der Waals surface area contributed by atoms with Crippen molar-refractivity contribution in [2.45, 2.75) is 20.5 Å². The molecule has 0 aliphatic heterocycles. The lowest BCUT2D eigenvalue weighted by atomic mass is 10.1. The van der Waals surface area contributed by atoms with Crippen LogP contribution in [0, 0.1) is 13.8 Å². The Morgan fingerprint density at radius 1 is 1.39 bits per heavy atom. The minimum absolute atomic E-state index is 0.122. The summed E-state index contributed by atoms with van der Waals surface area (Å²) in [6, 6.07) is 3.65. The van der Waals surface area contributed by atoms with Crippen molar-refractivity contribution in [3.8, 4) is 11.4 Å². The van der Waals surface area contributed by atoms with E-state index in [0.29, 0.717) is 11.4 Å². The zero-order valence-electron chi connectivity index (χ0n) is 12.4. The van der Waals surface area contributed by atoms with Gasteiger partial charge in [0, 0.05) is 16.6 Å². The Balaban J connectivity index is 1.70. The molecule has 0 atom stereocenters. The van der Waals surface area contributed by atoms with Gasteiger partial charge in [-0.05, 0) is 36.9 Å². The van der Waals surface area contributed by atoms with Crippen LogP contribution in [0.4, 0.5) is 0 Å². The average molecular weight is 350 g/mol. The molecule has 3 rings (SSSR count). The number of aryl methyl sites for hydroxylation is 2. The number of aromatic nitrogens is 3. The van der Waals surface area contributed by atoms with E-state index < -0.39 is 5.97 Å². The number of ether oxygens (including phenoxy) is 1. The van der Waals surface area contributed by atoms with Gasteiger partial charge in [0.05, 0.1) is 5.56 Å². The molecule has 23 heavy (non-hydrogen) atoms. The highest BCUT2D eigenvalue weighted by Crippen LogP contribution is 2.21. The normalized spacial score (nSPS) is 10.7. The van der Waals surface area contributed by atoms with E-state index in [1.165, 1.54) is 11.3 Å². The molecule has 0 bridgehead atoms. The predicted molar refractivity (Wildman–Crippen MR) is 85.5 cm³/mol. The van der Waals surface area contributed by atoms with Crippen LogP contribution in [0.25, 0.3) is 11.4 Å². The summed E-state index contributed by atoms with van der Waals surface area (Å²) in [7, 11) is 0. The van der Waals surface area contributed by atoms with Gasteiger partial charge in [0.1, 0.15) is 5.15 Å². The summed E-state index contributed by atoms with van der Waals surface area (Å²) in [5.41, 5.74) is 2.55. The number of halogens is 1. The van der Waals surface area contributed by atoms with Crippen LogP contribution in [-0.2, 0) is 11.3 Å². The van der Waals surface area contributed by atoms with Crippen molar-refractivity contribution in [1.82, 2.24) is 15.1 Å². The fourth-order valence-electron chi connectivity index (χ4n) is 2.06. The molecule has 0 aromatic carbocycles. The maximum atomic E-state index is 12.2. The molecule has 0 amide bonds. The summed E-state index contributed by atoms with van der Waals surface area (Å²) in [6.45, 7) is 3.45. The van der Waals surface area contributed by atoms with E-state index >= 15 is 0 Å². The number of rotatable bonds is 4. The van der Waals surface area contributed by atoms with Gasteiger partial charge in [0.2, 0.25) is 5.82 Å². The lowest BCUT2D eigenvalue weighted by Crippen LogP contribution is -2.09. The van der Waals surface area contributed by atoms with Crippen LogP contribution in [0.15, 0.2) is 27.4 Å². The third-order valence-electron chi connectivity index (χ3n) is 3.08. The van der Waals surface area contributed by atoms with Gasteiger partial charge in [-0.3, -0.25) is 0 Å². The van der Waals surface area contributed by atoms with Crippen LogP contribution in [0.5, 0.6) is 0 Å². The summed E-state index contributed by atoms with van der Waals surface area (Å²) < 4.78 is 10.3. The fraction of sp³-hybridized carbons (Fsp3) is 0.200. The van der Waals surface area contributed by atoms with Gasteiger partial charge in [-0.1, -0.05) is 16.8 Å². The van der Waals surface area contributed by atoms with E-state index in [-0.39, 0.29) is 23.2 Å². The van der Waals surface area contributed by atoms with Crippen molar-refractivity contribution >= 4 is 28.9 Å². The molecule has 3 heterocycles. The second kappa shape index (κ2) is 6.47.